The maximum Gasteiger partial charge on any atom is 0.223 e. The minimum absolute atomic E-state index is 0.197. The van der Waals surface area contributed by atoms with Crippen LogP contribution >= 0.6 is 0 Å². The molecule has 1 aliphatic carbocycles. The number of likely N-dealkylation sites (tertiary alicyclic amines) is 2. The maximum atomic E-state index is 12.5. The van der Waals surface area contributed by atoms with Gasteiger partial charge < -0.3 is 9.80 Å². The summed E-state index contributed by atoms with van der Waals surface area (Å²) in [7, 11) is 0. The molecule has 2 aliphatic heterocycles. The van der Waals surface area contributed by atoms with Gasteiger partial charge in [0.1, 0.15) is 5.82 Å². The van der Waals surface area contributed by atoms with E-state index in [-0.39, 0.29) is 11.3 Å². The molecule has 0 aromatic carbocycles. The third-order valence-corrected chi connectivity index (χ3v) is 6.07. The van der Waals surface area contributed by atoms with Crippen LogP contribution in [0.4, 0.5) is 0 Å². The fraction of sp³-hybridized carbons (Fsp3) is 0.778. The number of nitrogens with one attached hydrogen (secondary N) is 1. The van der Waals surface area contributed by atoms with Crippen LogP contribution in [0, 0.1) is 12.3 Å². The number of carbonyl (C=O) groups excluding carboxylic acids is 2. The Balaban J connectivity index is 1.28. The third kappa shape index (κ3) is 3.55. The van der Waals surface area contributed by atoms with E-state index in [9.17, 15) is 9.59 Å². The van der Waals surface area contributed by atoms with Crippen molar-refractivity contribution in [3.8, 4) is 0 Å². The van der Waals surface area contributed by atoms with Gasteiger partial charge in [0.15, 0.2) is 5.82 Å². The van der Waals surface area contributed by atoms with Crippen LogP contribution in [0.25, 0.3) is 0 Å². The fourth-order valence-corrected chi connectivity index (χ4v) is 4.28. The average molecular weight is 345 g/mol. The first-order chi connectivity index (χ1) is 12.0. The zero-order valence-electron chi connectivity index (χ0n) is 15.0. The van der Waals surface area contributed by atoms with Crippen molar-refractivity contribution in [3.63, 3.8) is 0 Å². The van der Waals surface area contributed by atoms with Crippen LogP contribution in [0.2, 0.25) is 0 Å². The highest BCUT2D eigenvalue weighted by Crippen LogP contribution is 2.43. The van der Waals surface area contributed by atoms with Crippen LogP contribution in [0.5, 0.6) is 0 Å². The minimum Gasteiger partial charge on any atom is -0.343 e. The largest absolute Gasteiger partial charge is 0.343 e. The third-order valence-electron chi connectivity index (χ3n) is 6.07. The molecule has 2 saturated heterocycles. The summed E-state index contributed by atoms with van der Waals surface area (Å²) < 4.78 is 0. The first-order valence-corrected chi connectivity index (χ1v) is 9.50. The predicted octanol–water partition coefficient (Wildman–Crippen LogP) is 1.44. The molecule has 0 bridgehead atoms. The normalized spacial score (nSPS) is 23.3. The van der Waals surface area contributed by atoms with Gasteiger partial charge in [-0.05, 0) is 44.4 Å². The Labute approximate surface area is 148 Å². The second-order valence-electron chi connectivity index (χ2n) is 7.97. The molecule has 1 aromatic heterocycles. The topological polar surface area (TPSA) is 82.2 Å². The number of aromatic nitrogens is 3. The number of H-pyrrole nitrogens is 1. The molecule has 3 aliphatic rings. The number of hydrogen-bond acceptors (Lipinski definition) is 4. The lowest BCUT2D eigenvalue weighted by molar-refractivity contribution is -0.143. The van der Waals surface area contributed by atoms with Crippen molar-refractivity contribution in [3.05, 3.63) is 11.6 Å². The molecule has 25 heavy (non-hydrogen) atoms. The van der Waals surface area contributed by atoms with Crippen molar-refractivity contribution in [2.45, 2.75) is 64.3 Å². The van der Waals surface area contributed by atoms with Crippen molar-refractivity contribution in [2.75, 3.05) is 19.6 Å². The van der Waals surface area contributed by atoms with Crippen LogP contribution in [0.3, 0.4) is 0 Å². The van der Waals surface area contributed by atoms with Crippen molar-refractivity contribution < 1.29 is 9.59 Å². The van der Waals surface area contributed by atoms with E-state index in [4.69, 9.17) is 0 Å². The molecule has 3 heterocycles. The van der Waals surface area contributed by atoms with Gasteiger partial charge in [-0.15, -0.1) is 0 Å². The quantitative estimate of drug-likeness (QED) is 0.895. The van der Waals surface area contributed by atoms with Crippen LogP contribution in [0.1, 0.15) is 56.6 Å². The molecule has 4 rings (SSSR count). The maximum absolute atomic E-state index is 12.5. The molecule has 7 nitrogen and oxygen atoms in total. The first kappa shape index (κ1) is 16.5. The van der Waals surface area contributed by atoms with Gasteiger partial charge in [0.05, 0.1) is 0 Å². The average Bonchev–Trinajstić information content (AvgIpc) is 3.38. The monoisotopic (exact) mass is 345 g/mol. The Hall–Kier alpha value is -1.92. The molecule has 1 N–H and O–H groups in total. The Morgan fingerprint density at radius 3 is 2.68 bits per heavy atom. The number of amides is 2. The molecule has 1 spiro atoms. The number of aryl methyl sites for hydroxylation is 2. The number of nitrogens with zero attached hydrogens (tertiary/aromatic N) is 4. The molecule has 1 saturated carbocycles. The molecule has 0 radical (unpaired) electrons. The number of hydrogen-bond donors (Lipinski definition) is 1. The van der Waals surface area contributed by atoms with E-state index in [1.165, 1.54) is 12.8 Å². The SMILES string of the molecule is Cc1nc(CCC(=O)N2CCC3(CCC(=O)N(C4CC4)C3)CC2)n[nH]1. The summed E-state index contributed by atoms with van der Waals surface area (Å²) in [4.78, 5) is 33.0. The van der Waals surface area contributed by atoms with E-state index in [1.807, 2.05) is 11.8 Å². The van der Waals surface area contributed by atoms with E-state index in [0.717, 1.165) is 44.7 Å². The number of rotatable bonds is 4. The zero-order chi connectivity index (χ0) is 17.4. The Bertz CT molecular complexity index is 658. The van der Waals surface area contributed by atoms with E-state index < -0.39 is 0 Å². The van der Waals surface area contributed by atoms with Gasteiger partial charge in [-0.1, -0.05) is 0 Å². The van der Waals surface area contributed by atoms with Gasteiger partial charge in [-0.3, -0.25) is 14.7 Å². The van der Waals surface area contributed by atoms with Crippen molar-refractivity contribution in [1.82, 2.24) is 25.0 Å². The summed E-state index contributed by atoms with van der Waals surface area (Å²) in [5.41, 5.74) is 0.244. The predicted molar refractivity (Wildman–Crippen MR) is 91.7 cm³/mol. The number of piperidine rings is 2. The highest BCUT2D eigenvalue weighted by molar-refractivity contribution is 5.78. The van der Waals surface area contributed by atoms with Crippen LogP contribution in [0.15, 0.2) is 0 Å². The van der Waals surface area contributed by atoms with Crippen molar-refractivity contribution >= 4 is 11.8 Å². The molecular weight excluding hydrogens is 318 g/mol. The lowest BCUT2D eigenvalue weighted by atomic mass is 9.72. The Morgan fingerprint density at radius 1 is 1.28 bits per heavy atom. The first-order valence-electron chi connectivity index (χ1n) is 9.50. The van der Waals surface area contributed by atoms with Crippen molar-refractivity contribution in [1.29, 1.82) is 0 Å². The van der Waals surface area contributed by atoms with Gasteiger partial charge in [-0.2, -0.15) is 5.10 Å². The van der Waals surface area contributed by atoms with E-state index in [1.54, 1.807) is 0 Å². The molecule has 0 unspecified atom stereocenters. The summed E-state index contributed by atoms with van der Waals surface area (Å²) in [6.45, 7) is 4.41. The lowest BCUT2D eigenvalue weighted by Gasteiger charge is -2.47. The van der Waals surface area contributed by atoms with Gasteiger partial charge in [-0.25, -0.2) is 4.98 Å². The van der Waals surface area contributed by atoms with E-state index >= 15 is 0 Å². The molecule has 2 amide bonds. The standard InChI is InChI=1S/C18H27N5O2/c1-13-19-15(21-20-13)4-5-16(24)22-10-8-18(9-11-22)7-6-17(25)23(12-18)14-2-3-14/h14H,2-12H2,1H3,(H,19,20,21). The minimum atomic E-state index is 0.197. The van der Waals surface area contributed by atoms with Crippen LogP contribution in [-0.4, -0.2) is 62.5 Å². The highest BCUT2D eigenvalue weighted by atomic mass is 16.2. The van der Waals surface area contributed by atoms with Gasteiger partial charge >= 0.3 is 0 Å². The van der Waals surface area contributed by atoms with Gasteiger partial charge in [0.2, 0.25) is 11.8 Å². The van der Waals surface area contributed by atoms with E-state index in [0.29, 0.717) is 37.0 Å². The summed E-state index contributed by atoms with van der Waals surface area (Å²) in [6.07, 6.45) is 7.14. The van der Waals surface area contributed by atoms with E-state index in [2.05, 4.69) is 20.1 Å². The van der Waals surface area contributed by atoms with Gasteiger partial charge in [0, 0.05) is 44.9 Å². The molecule has 1 aromatic rings. The Kier molecular flexibility index (Phi) is 4.25. The lowest BCUT2D eigenvalue weighted by Crippen LogP contribution is -2.52. The summed E-state index contributed by atoms with van der Waals surface area (Å²) in [5.74, 6) is 2.04. The summed E-state index contributed by atoms with van der Waals surface area (Å²) >= 11 is 0. The molecule has 7 heteroatoms. The van der Waals surface area contributed by atoms with Crippen molar-refractivity contribution in [2.24, 2.45) is 5.41 Å². The number of carbonyl (C=O) groups is 2. The fourth-order valence-electron chi connectivity index (χ4n) is 4.28. The smallest absolute Gasteiger partial charge is 0.223 e. The van der Waals surface area contributed by atoms with Gasteiger partial charge in [0.25, 0.3) is 0 Å². The second-order valence-corrected chi connectivity index (χ2v) is 7.97. The zero-order valence-corrected chi connectivity index (χ0v) is 15.0. The Morgan fingerprint density at radius 2 is 2.04 bits per heavy atom. The van der Waals surface area contributed by atoms with Crippen LogP contribution < -0.4 is 0 Å². The highest BCUT2D eigenvalue weighted by Gasteiger charge is 2.45. The molecule has 136 valence electrons. The molecular formula is C18H27N5O2. The summed E-state index contributed by atoms with van der Waals surface area (Å²) in [6, 6.07) is 0.508. The molecule has 0 atom stereocenters. The molecule has 3 fully saturated rings. The van der Waals surface area contributed by atoms with Crippen LogP contribution in [-0.2, 0) is 16.0 Å². The summed E-state index contributed by atoms with van der Waals surface area (Å²) in [5, 5.41) is 6.91. The number of aromatic amines is 1. The second kappa shape index (κ2) is 6.42.